The lowest BCUT2D eigenvalue weighted by Gasteiger charge is -2.30. The fraction of sp³-hybridized carbons (Fsp3) is 0.250. The van der Waals surface area contributed by atoms with Crippen LogP contribution in [0.2, 0.25) is 0 Å². The van der Waals surface area contributed by atoms with Crippen LogP contribution in [0.3, 0.4) is 0 Å². The van der Waals surface area contributed by atoms with Crippen LogP contribution >= 0.6 is 0 Å². The summed E-state index contributed by atoms with van der Waals surface area (Å²) in [6, 6.07) is 26.4. The minimum absolute atomic E-state index is 0. The first-order valence-electron chi connectivity index (χ1n) is 11.4. The monoisotopic (exact) mass is 424 g/mol. The van der Waals surface area contributed by atoms with E-state index in [4.69, 9.17) is 0 Å². The Morgan fingerprint density at radius 2 is 0.938 bits per heavy atom. The lowest BCUT2D eigenvalue weighted by Crippen LogP contribution is -2.25. The van der Waals surface area contributed by atoms with Gasteiger partial charge in [-0.05, 0) is 58.4 Å². The Kier molecular flexibility index (Phi) is 10.1. The minimum Gasteiger partial charge on any atom is -0.103 e. The molecule has 5 rings (SSSR count). The number of hydrogen-bond acceptors (Lipinski definition) is 0. The van der Waals surface area contributed by atoms with Crippen molar-refractivity contribution >= 4 is 5.57 Å². The predicted molar refractivity (Wildman–Crippen MR) is 146 cm³/mol. The number of fused-ring (bicyclic) bond motifs is 7. The third-order valence-electron chi connectivity index (χ3n) is 5.64. The molecule has 0 atom stereocenters. The molecule has 0 saturated heterocycles. The highest BCUT2D eigenvalue weighted by Gasteiger charge is 2.52. The van der Waals surface area contributed by atoms with Gasteiger partial charge < -0.3 is 0 Å². The maximum absolute atomic E-state index is 4.59. The van der Waals surface area contributed by atoms with Gasteiger partial charge in [-0.2, -0.15) is 0 Å². The van der Waals surface area contributed by atoms with Crippen LogP contribution in [0, 0.1) is 0 Å². The molecule has 0 fully saturated rings. The molecular weight excluding hydrogens is 384 g/mol. The van der Waals surface area contributed by atoms with E-state index in [-0.39, 0.29) is 12.8 Å². The normalized spacial score (nSPS) is 14.2. The Morgan fingerprint density at radius 1 is 0.625 bits per heavy atom. The van der Waals surface area contributed by atoms with E-state index in [0.29, 0.717) is 0 Å². The van der Waals surface area contributed by atoms with Gasteiger partial charge in [-0.15, -0.1) is 6.58 Å². The van der Waals surface area contributed by atoms with Crippen molar-refractivity contribution in [3.8, 4) is 11.1 Å². The lowest BCUT2D eigenvalue weighted by atomic mass is 9.71. The largest absolute Gasteiger partial charge is 0.103 e. The van der Waals surface area contributed by atoms with Gasteiger partial charge in [0, 0.05) is 0 Å². The second-order valence-corrected chi connectivity index (χ2v) is 6.98. The maximum atomic E-state index is 4.59. The van der Waals surface area contributed by atoms with Crippen molar-refractivity contribution in [2.24, 2.45) is 0 Å². The van der Waals surface area contributed by atoms with Crippen molar-refractivity contribution in [3.63, 3.8) is 0 Å². The van der Waals surface area contributed by atoms with Crippen LogP contribution in [0.1, 0.15) is 71.2 Å². The van der Waals surface area contributed by atoms with Gasteiger partial charge in [0.25, 0.3) is 0 Å². The zero-order valence-electron chi connectivity index (χ0n) is 20.0. The molecule has 3 aromatic rings. The van der Waals surface area contributed by atoms with Crippen LogP contribution in [0.4, 0.5) is 0 Å². The second-order valence-electron chi connectivity index (χ2n) is 6.98. The standard InChI is InChI=1S/C24H18.C3H6.2C2H6.CH4/c1-3-17-16(2)24(21-13-7-4-10-18(17)21)22-14-8-5-11-19(22)20-12-6-9-15-23(20)24;1-3-2;2*1-2;/h3-15H,2H2,1H3;3H,1H2,2H3;2*1-2H3;1H4/b17-3+;;;;. The molecule has 0 heteroatoms. The smallest absolute Gasteiger partial charge is 0.0719 e. The molecule has 0 amide bonds. The molecule has 2 aliphatic carbocycles. The van der Waals surface area contributed by atoms with Crippen molar-refractivity contribution < 1.29 is 0 Å². The summed E-state index contributed by atoms with van der Waals surface area (Å²) in [5.41, 5.74) is 10.3. The van der Waals surface area contributed by atoms with Crippen LogP contribution in [0.15, 0.2) is 104 Å². The first kappa shape index (κ1) is 26.9. The molecule has 0 heterocycles. The minimum atomic E-state index is -0.244. The summed E-state index contributed by atoms with van der Waals surface area (Å²) in [5.74, 6) is 0. The molecular formula is C32H40. The van der Waals surface area contributed by atoms with E-state index in [0.717, 1.165) is 0 Å². The van der Waals surface area contributed by atoms with E-state index in [1.165, 1.54) is 44.5 Å². The zero-order chi connectivity index (χ0) is 23.0. The predicted octanol–water partition coefficient (Wildman–Crippen LogP) is 9.86. The first-order valence-corrected chi connectivity index (χ1v) is 11.4. The van der Waals surface area contributed by atoms with Crippen molar-refractivity contribution in [3.05, 3.63) is 126 Å². The third kappa shape index (κ3) is 3.91. The average molecular weight is 425 g/mol. The van der Waals surface area contributed by atoms with E-state index in [1.54, 1.807) is 6.08 Å². The summed E-state index contributed by atoms with van der Waals surface area (Å²) in [5, 5.41) is 0. The summed E-state index contributed by atoms with van der Waals surface area (Å²) < 4.78 is 0. The van der Waals surface area contributed by atoms with Gasteiger partial charge >= 0.3 is 0 Å². The number of benzene rings is 3. The first-order chi connectivity index (χ1) is 15.2. The maximum Gasteiger partial charge on any atom is 0.0719 e. The van der Waals surface area contributed by atoms with Gasteiger partial charge in [-0.25, -0.2) is 0 Å². The molecule has 0 nitrogen and oxygen atoms in total. The molecule has 2 aliphatic rings. The fourth-order valence-electron chi connectivity index (χ4n) is 4.75. The summed E-state index contributed by atoms with van der Waals surface area (Å²) in [7, 11) is 0. The Balaban J connectivity index is 0.000000582. The molecule has 0 saturated carbocycles. The Morgan fingerprint density at radius 3 is 1.31 bits per heavy atom. The molecule has 0 unspecified atom stereocenters. The Bertz CT molecular complexity index is 1030. The number of rotatable bonds is 0. The Labute approximate surface area is 197 Å². The van der Waals surface area contributed by atoms with Gasteiger partial charge in [0.05, 0.1) is 5.41 Å². The van der Waals surface area contributed by atoms with Crippen LogP contribution < -0.4 is 0 Å². The van der Waals surface area contributed by atoms with E-state index in [1.807, 2.05) is 34.6 Å². The molecule has 0 N–H and O–H groups in total. The number of hydrogen-bond donors (Lipinski definition) is 0. The molecule has 1 spiro atoms. The molecule has 0 bridgehead atoms. The molecule has 0 aromatic heterocycles. The highest BCUT2D eigenvalue weighted by Crippen LogP contribution is 2.62. The average Bonchev–Trinajstić information content (AvgIpc) is 3.28. The van der Waals surface area contributed by atoms with Crippen LogP contribution in [-0.2, 0) is 5.41 Å². The second kappa shape index (κ2) is 12.1. The molecule has 168 valence electrons. The van der Waals surface area contributed by atoms with Crippen LogP contribution in [0.25, 0.3) is 16.7 Å². The van der Waals surface area contributed by atoms with E-state index < -0.39 is 0 Å². The Hall–Kier alpha value is -3.12. The molecule has 0 aliphatic heterocycles. The summed E-state index contributed by atoms with van der Waals surface area (Å²) >= 11 is 0. The summed E-state index contributed by atoms with van der Waals surface area (Å²) in [4.78, 5) is 0. The van der Waals surface area contributed by atoms with Crippen LogP contribution in [0.5, 0.6) is 0 Å². The van der Waals surface area contributed by atoms with Crippen molar-refractivity contribution in [2.75, 3.05) is 0 Å². The van der Waals surface area contributed by atoms with Gasteiger partial charge in [-0.3, -0.25) is 0 Å². The van der Waals surface area contributed by atoms with Gasteiger partial charge in [0.1, 0.15) is 0 Å². The topological polar surface area (TPSA) is 0 Å². The van der Waals surface area contributed by atoms with E-state index >= 15 is 0 Å². The van der Waals surface area contributed by atoms with E-state index in [9.17, 15) is 0 Å². The SMILES string of the molecule is C.C=C1/C(=C\C)c2ccccc2C12c1ccccc1-c1ccccc12.C=CC.CC.CC. The third-order valence-corrected chi connectivity index (χ3v) is 5.64. The summed E-state index contributed by atoms with van der Waals surface area (Å²) in [6.07, 6.45) is 3.96. The van der Waals surface area contributed by atoms with Crippen LogP contribution in [-0.4, -0.2) is 0 Å². The molecule has 0 radical (unpaired) electrons. The quantitative estimate of drug-likeness (QED) is 0.315. The van der Waals surface area contributed by atoms with Gasteiger partial charge in [0.2, 0.25) is 0 Å². The van der Waals surface area contributed by atoms with Gasteiger partial charge in [-0.1, -0.05) is 127 Å². The fourth-order valence-corrected chi connectivity index (χ4v) is 4.75. The lowest BCUT2D eigenvalue weighted by molar-refractivity contribution is 0.797. The number of allylic oxidation sites excluding steroid dienone is 4. The van der Waals surface area contributed by atoms with E-state index in [2.05, 4.69) is 99.0 Å². The van der Waals surface area contributed by atoms with Crippen molar-refractivity contribution in [1.29, 1.82) is 0 Å². The zero-order valence-corrected chi connectivity index (χ0v) is 20.0. The molecule has 32 heavy (non-hydrogen) atoms. The van der Waals surface area contributed by atoms with Crippen molar-refractivity contribution in [2.45, 2.75) is 54.4 Å². The summed E-state index contributed by atoms with van der Waals surface area (Å²) in [6.45, 7) is 20.0. The van der Waals surface area contributed by atoms with Crippen molar-refractivity contribution in [1.82, 2.24) is 0 Å². The molecule has 3 aromatic carbocycles. The van der Waals surface area contributed by atoms with Gasteiger partial charge in [0.15, 0.2) is 0 Å². The highest BCUT2D eigenvalue weighted by molar-refractivity contribution is 5.99. The highest BCUT2D eigenvalue weighted by atomic mass is 14.5.